The Morgan fingerprint density at radius 1 is 1.44 bits per heavy atom. The lowest BCUT2D eigenvalue weighted by atomic mass is 10.1. The van der Waals surface area contributed by atoms with E-state index in [1.165, 1.54) is 10.5 Å². The summed E-state index contributed by atoms with van der Waals surface area (Å²) < 4.78 is 6.16. The van der Waals surface area contributed by atoms with Crippen LogP contribution >= 0.6 is 27.7 Å². The first kappa shape index (κ1) is 14.0. The normalized spacial score (nSPS) is 10.7. The molecule has 2 nitrogen and oxygen atoms in total. The number of hydrogen-bond acceptors (Lipinski definition) is 3. The number of ether oxygens (including phenoxy) is 1. The van der Waals surface area contributed by atoms with E-state index in [1.807, 2.05) is 11.8 Å². The molecule has 0 aliphatic carbocycles. The fraction of sp³-hybridized carbons (Fsp3) is 0.500. The molecule has 90 valence electrons. The Labute approximate surface area is 110 Å². The SMILES string of the molecule is COCCCSc1ccc(Br)cc1CCN. The van der Waals surface area contributed by atoms with Gasteiger partial charge in [-0.1, -0.05) is 15.9 Å². The fourth-order valence-electron chi connectivity index (χ4n) is 1.43. The van der Waals surface area contributed by atoms with E-state index in [0.29, 0.717) is 6.54 Å². The molecule has 0 saturated carbocycles. The third-order valence-corrected chi connectivity index (χ3v) is 3.88. The van der Waals surface area contributed by atoms with Crippen LogP contribution in [0.15, 0.2) is 27.6 Å². The Hall–Kier alpha value is -0.0300. The first-order valence-electron chi connectivity index (χ1n) is 5.38. The topological polar surface area (TPSA) is 35.2 Å². The standard InChI is InChI=1S/C12H18BrNOS/c1-15-7-2-8-16-12-4-3-11(13)9-10(12)5-6-14/h3-4,9H,2,5-8,14H2,1H3. The van der Waals surface area contributed by atoms with Crippen LogP contribution in [0.4, 0.5) is 0 Å². The molecule has 0 amide bonds. The molecule has 0 spiro atoms. The lowest BCUT2D eigenvalue weighted by Gasteiger charge is -2.08. The van der Waals surface area contributed by atoms with E-state index in [2.05, 4.69) is 34.1 Å². The summed E-state index contributed by atoms with van der Waals surface area (Å²) in [5, 5.41) is 0. The number of methoxy groups -OCH3 is 1. The van der Waals surface area contributed by atoms with E-state index in [0.717, 1.165) is 29.7 Å². The zero-order valence-electron chi connectivity index (χ0n) is 9.54. The van der Waals surface area contributed by atoms with Crippen molar-refractivity contribution in [3.63, 3.8) is 0 Å². The predicted octanol–water partition coefficient (Wildman–Crippen LogP) is 3.08. The largest absolute Gasteiger partial charge is 0.385 e. The van der Waals surface area contributed by atoms with Crippen molar-refractivity contribution in [3.05, 3.63) is 28.2 Å². The van der Waals surface area contributed by atoms with E-state index in [-0.39, 0.29) is 0 Å². The van der Waals surface area contributed by atoms with Crippen LogP contribution in [0.1, 0.15) is 12.0 Å². The van der Waals surface area contributed by atoms with Gasteiger partial charge in [-0.05, 0) is 43.1 Å². The van der Waals surface area contributed by atoms with Gasteiger partial charge in [-0.2, -0.15) is 0 Å². The molecule has 0 fully saturated rings. The molecule has 0 radical (unpaired) electrons. The minimum absolute atomic E-state index is 0.697. The van der Waals surface area contributed by atoms with Crippen LogP contribution in [0.25, 0.3) is 0 Å². The highest BCUT2D eigenvalue weighted by Gasteiger charge is 2.03. The molecule has 16 heavy (non-hydrogen) atoms. The molecule has 4 heteroatoms. The monoisotopic (exact) mass is 303 g/mol. The number of halogens is 1. The van der Waals surface area contributed by atoms with Gasteiger partial charge in [-0.25, -0.2) is 0 Å². The van der Waals surface area contributed by atoms with Gasteiger partial charge in [0.05, 0.1) is 0 Å². The Bertz CT molecular complexity index is 320. The summed E-state index contributed by atoms with van der Waals surface area (Å²) in [6, 6.07) is 6.40. The summed E-state index contributed by atoms with van der Waals surface area (Å²) in [5.41, 5.74) is 6.94. The molecular formula is C12H18BrNOS. The lowest BCUT2D eigenvalue weighted by molar-refractivity contribution is 0.200. The van der Waals surface area contributed by atoms with Gasteiger partial charge in [0.1, 0.15) is 0 Å². The Balaban J connectivity index is 2.56. The molecule has 0 unspecified atom stereocenters. The average Bonchev–Trinajstić information content (AvgIpc) is 2.27. The Morgan fingerprint density at radius 2 is 2.25 bits per heavy atom. The van der Waals surface area contributed by atoms with Gasteiger partial charge >= 0.3 is 0 Å². The molecule has 0 aliphatic heterocycles. The van der Waals surface area contributed by atoms with Gasteiger partial charge in [-0.15, -0.1) is 11.8 Å². The summed E-state index contributed by atoms with van der Waals surface area (Å²) in [5.74, 6) is 1.09. The van der Waals surface area contributed by atoms with Crippen LogP contribution in [0.3, 0.4) is 0 Å². The van der Waals surface area contributed by atoms with E-state index < -0.39 is 0 Å². The fourth-order valence-corrected chi connectivity index (χ4v) is 2.83. The maximum Gasteiger partial charge on any atom is 0.0470 e. The van der Waals surface area contributed by atoms with E-state index >= 15 is 0 Å². The maximum atomic E-state index is 5.61. The van der Waals surface area contributed by atoms with Crippen LogP contribution < -0.4 is 5.73 Å². The number of thioether (sulfide) groups is 1. The van der Waals surface area contributed by atoms with Crippen LogP contribution in [-0.4, -0.2) is 26.0 Å². The molecule has 0 heterocycles. The van der Waals surface area contributed by atoms with Crippen LogP contribution in [0.5, 0.6) is 0 Å². The summed E-state index contributed by atoms with van der Waals surface area (Å²) in [7, 11) is 1.74. The van der Waals surface area contributed by atoms with E-state index in [4.69, 9.17) is 10.5 Å². The van der Waals surface area contributed by atoms with Crippen molar-refractivity contribution in [3.8, 4) is 0 Å². The highest BCUT2D eigenvalue weighted by molar-refractivity contribution is 9.10. The molecule has 0 bridgehead atoms. The van der Waals surface area contributed by atoms with Crippen molar-refractivity contribution in [2.45, 2.75) is 17.7 Å². The molecular weight excluding hydrogens is 286 g/mol. The molecule has 0 atom stereocenters. The minimum Gasteiger partial charge on any atom is -0.385 e. The van der Waals surface area contributed by atoms with Crippen molar-refractivity contribution in [1.82, 2.24) is 0 Å². The molecule has 0 saturated heterocycles. The molecule has 0 aromatic heterocycles. The van der Waals surface area contributed by atoms with E-state index in [9.17, 15) is 0 Å². The third kappa shape index (κ3) is 4.87. The Kier molecular flexibility index (Phi) is 7.12. The molecule has 1 rings (SSSR count). The third-order valence-electron chi connectivity index (χ3n) is 2.19. The number of hydrogen-bond donors (Lipinski definition) is 1. The van der Waals surface area contributed by atoms with E-state index in [1.54, 1.807) is 7.11 Å². The van der Waals surface area contributed by atoms with Gasteiger partial charge in [0.15, 0.2) is 0 Å². The first-order chi connectivity index (χ1) is 7.77. The lowest BCUT2D eigenvalue weighted by Crippen LogP contribution is -2.04. The van der Waals surface area contributed by atoms with Gasteiger partial charge < -0.3 is 10.5 Å². The van der Waals surface area contributed by atoms with Crippen LogP contribution in [-0.2, 0) is 11.2 Å². The predicted molar refractivity (Wildman–Crippen MR) is 74.1 cm³/mol. The van der Waals surface area contributed by atoms with Crippen molar-refractivity contribution in [1.29, 1.82) is 0 Å². The van der Waals surface area contributed by atoms with Crippen molar-refractivity contribution < 1.29 is 4.74 Å². The van der Waals surface area contributed by atoms with Crippen LogP contribution in [0.2, 0.25) is 0 Å². The average molecular weight is 304 g/mol. The van der Waals surface area contributed by atoms with Gasteiger partial charge in [0.2, 0.25) is 0 Å². The Morgan fingerprint density at radius 3 is 2.94 bits per heavy atom. The maximum absolute atomic E-state index is 5.61. The second kappa shape index (κ2) is 8.12. The zero-order chi connectivity index (χ0) is 11.8. The smallest absolute Gasteiger partial charge is 0.0470 e. The minimum atomic E-state index is 0.697. The molecule has 1 aromatic carbocycles. The number of benzene rings is 1. The molecule has 2 N–H and O–H groups in total. The quantitative estimate of drug-likeness (QED) is 0.621. The summed E-state index contributed by atoms with van der Waals surface area (Å²) in [6.45, 7) is 1.53. The van der Waals surface area contributed by atoms with Crippen molar-refractivity contribution in [2.24, 2.45) is 5.73 Å². The van der Waals surface area contributed by atoms with Crippen molar-refractivity contribution >= 4 is 27.7 Å². The zero-order valence-corrected chi connectivity index (χ0v) is 11.9. The second-order valence-electron chi connectivity index (χ2n) is 3.49. The number of nitrogens with two attached hydrogens (primary N) is 1. The number of rotatable bonds is 7. The molecule has 0 aliphatic rings. The van der Waals surface area contributed by atoms with Crippen LogP contribution in [0, 0.1) is 0 Å². The summed E-state index contributed by atoms with van der Waals surface area (Å²) >= 11 is 5.37. The van der Waals surface area contributed by atoms with Gasteiger partial charge in [0, 0.05) is 28.8 Å². The highest BCUT2D eigenvalue weighted by Crippen LogP contribution is 2.26. The van der Waals surface area contributed by atoms with Crippen molar-refractivity contribution in [2.75, 3.05) is 26.0 Å². The van der Waals surface area contributed by atoms with Gasteiger partial charge in [0.25, 0.3) is 0 Å². The molecule has 1 aromatic rings. The highest BCUT2D eigenvalue weighted by atomic mass is 79.9. The second-order valence-corrected chi connectivity index (χ2v) is 5.54. The van der Waals surface area contributed by atoms with Gasteiger partial charge in [-0.3, -0.25) is 0 Å². The summed E-state index contributed by atoms with van der Waals surface area (Å²) in [6.07, 6.45) is 2.02. The summed E-state index contributed by atoms with van der Waals surface area (Å²) in [4.78, 5) is 1.34. The first-order valence-corrected chi connectivity index (χ1v) is 7.16.